The van der Waals surface area contributed by atoms with Crippen LogP contribution in [0.3, 0.4) is 0 Å². The molecular weight excluding hydrogens is 362 g/mol. The van der Waals surface area contributed by atoms with Crippen LogP contribution in [0.5, 0.6) is 5.75 Å². The molecule has 0 bridgehead atoms. The van der Waals surface area contributed by atoms with Gasteiger partial charge in [-0.05, 0) is 38.3 Å². The van der Waals surface area contributed by atoms with Gasteiger partial charge in [0.25, 0.3) is 5.91 Å². The molecule has 150 valence electrons. The predicted octanol–water partition coefficient (Wildman–Crippen LogP) is 0.737. The number of carbonyl (C=O) groups is 2. The molecule has 9 heteroatoms. The van der Waals surface area contributed by atoms with E-state index < -0.39 is 18.1 Å². The molecule has 3 rings (SSSR count). The molecule has 2 heterocycles. The Morgan fingerprint density at radius 1 is 1.36 bits per heavy atom. The van der Waals surface area contributed by atoms with Gasteiger partial charge < -0.3 is 25.4 Å². The Bertz CT molecular complexity index is 852. The number of imidazole rings is 1. The molecule has 0 aromatic carbocycles. The second kappa shape index (κ2) is 8.39. The van der Waals surface area contributed by atoms with Crippen LogP contribution in [0.25, 0.3) is 0 Å². The Kier molecular flexibility index (Phi) is 5.93. The molecule has 2 aromatic rings. The predicted molar refractivity (Wildman–Crippen MR) is 100 cm³/mol. The van der Waals surface area contributed by atoms with Gasteiger partial charge in [-0.3, -0.25) is 9.59 Å². The van der Waals surface area contributed by atoms with Crippen LogP contribution in [0.4, 0.5) is 0 Å². The minimum atomic E-state index is -0.850. The zero-order valence-corrected chi connectivity index (χ0v) is 15.9. The molecule has 2 aromatic heterocycles. The van der Waals surface area contributed by atoms with Gasteiger partial charge in [0.15, 0.2) is 5.69 Å². The van der Waals surface area contributed by atoms with E-state index in [1.54, 1.807) is 18.1 Å². The number of aliphatic hydroxyl groups is 1. The molecule has 2 amide bonds. The van der Waals surface area contributed by atoms with E-state index in [1.165, 1.54) is 18.3 Å². The Morgan fingerprint density at radius 3 is 2.79 bits per heavy atom. The highest BCUT2D eigenvalue weighted by atomic mass is 16.3. The molecule has 0 spiro atoms. The van der Waals surface area contributed by atoms with Crippen molar-refractivity contribution in [2.24, 2.45) is 5.92 Å². The number of aromatic amines is 1. The number of hydrogen-bond donors (Lipinski definition) is 4. The van der Waals surface area contributed by atoms with Gasteiger partial charge in [0.1, 0.15) is 11.6 Å². The largest absolute Gasteiger partial charge is 0.505 e. The van der Waals surface area contributed by atoms with Crippen LogP contribution in [0.1, 0.15) is 41.3 Å². The average molecular weight is 387 g/mol. The monoisotopic (exact) mass is 387 g/mol. The Labute approximate surface area is 162 Å². The quantitative estimate of drug-likeness (QED) is 0.598. The second-order valence-electron chi connectivity index (χ2n) is 7.24. The number of aromatic hydroxyl groups is 1. The normalized spacial score (nSPS) is 21.9. The lowest BCUT2D eigenvalue weighted by Gasteiger charge is -2.34. The van der Waals surface area contributed by atoms with Gasteiger partial charge in [0, 0.05) is 31.1 Å². The lowest BCUT2D eigenvalue weighted by molar-refractivity contribution is -0.137. The zero-order valence-electron chi connectivity index (χ0n) is 15.9. The molecule has 0 saturated heterocycles. The molecule has 1 saturated carbocycles. The van der Waals surface area contributed by atoms with Gasteiger partial charge in [0.05, 0.1) is 18.7 Å². The number of nitrogens with one attached hydrogen (secondary N) is 2. The van der Waals surface area contributed by atoms with Crippen LogP contribution in [0.15, 0.2) is 24.5 Å². The van der Waals surface area contributed by atoms with E-state index in [4.69, 9.17) is 0 Å². The lowest BCUT2D eigenvalue weighted by atomic mass is 9.83. The number of H-pyrrole nitrogens is 1. The Hall–Kier alpha value is -2.94. The third-order valence-electron chi connectivity index (χ3n) is 5.00. The fourth-order valence-corrected chi connectivity index (χ4v) is 3.51. The first-order valence-corrected chi connectivity index (χ1v) is 9.23. The first kappa shape index (κ1) is 19.8. The Morgan fingerprint density at radius 2 is 2.14 bits per heavy atom. The van der Waals surface area contributed by atoms with Gasteiger partial charge in [0.2, 0.25) is 5.91 Å². The molecule has 1 fully saturated rings. The van der Waals surface area contributed by atoms with Crippen molar-refractivity contribution in [2.75, 3.05) is 7.05 Å². The number of amides is 2. The lowest BCUT2D eigenvalue weighted by Crippen LogP contribution is -2.49. The Balaban J connectivity index is 1.55. The number of pyridine rings is 1. The van der Waals surface area contributed by atoms with Gasteiger partial charge in [-0.1, -0.05) is 0 Å². The summed E-state index contributed by atoms with van der Waals surface area (Å²) >= 11 is 0. The third-order valence-corrected chi connectivity index (χ3v) is 5.00. The van der Waals surface area contributed by atoms with Gasteiger partial charge in [-0.25, -0.2) is 9.97 Å². The highest BCUT2D eigenvalue weighted by Gasteiger charge is 2.35. The van der Waals surface area contributed by atoms with Crippen molar-refractivity contribution in [2.45, 2.75) is 44.9 Å². The van der Waals surface area contributed by atoms with E-state index in [2.05, 4.69) is 20.3 Å². The molecule has 0 radical (unpaired) electrons. The first-order chi connectivity index (χ1) is 13.3. The molecule has 1 aliphatic rings. The number of hydrogen-bond acceptors (Lipinski definition) is 6. The van der Waals surface area contributed by atoms with Gasteiger partial charge in [-0.2, -0.15) is 0 Å². The molecule has 3 atom stereocenters. The van der Waals surface area contributed by atoms with Crippen LogP contribution in [0.2, 0.25) is 0 Å². The number of rotatable bonds is 5. The summed E-state index contributed by atoms with van der Waals surface area (Å²) < 4.78 is 0. The fraction of sp³-hybridized carbons (Fsp3) is 0.474. The highest BCUT2D eigenvalue weighted by molar-refractivity contribution is 5.95. The second-order valence-corrected chi connectivity index (χ2v) is 7.24. The summed E-state index contributed by atoms with van der Waals surface area (Å²) in [6.07, 6.45) is 3.55. The van der Waals surface area contributed by atoms with Crippen molar-refractivity contribution in [1.29, 1.82) is 0 Å². The third kappa shape index (κ3) is 4.48. The van der Waals surface area contributed by atoms with Crippen molar-refractivity contribution in [3.05, 3.63) is 41.7 Å². The van der Waals surface area contributed by atoms with E-state index in [0.717, 1.165) is 5.69 Å². The molecular formula is C19H25N5O4. The van der Waals surface area contributed by atoms with Crippen molar-refractivity contribution in [3.63, 3.8) is 0 Å². The first-order valence-electron chi connectivity index (χ1n) is 9.23. The van der Waals surface area contributed by atoms with E-state index >= 15 is 0 Å². The molecule has 9 nitrogen and oxygen atoms in total. The van der Waals surface area contributed by atoms with Crippen LogP contribution in [0, 0.1) is 12.8 Å². The fourth-order valence-electron chi connectivity index (χ4n) is 3.51. The number of aliphatic hydroxyl groups excluding tert-OH is 1. The topological polar surface area (TPSA) is 131 Å². The number of nitrogens with zero attached hydrogens (tertiary/aromatic N) is 3. The SMILES string of the molecule is Cc1cnc(CN(C)C(=O)[C@H]2CC[C@@H](NC(=O)c3ncccc3O)[C@H](O)C2)[nH]1. The summed E-state index contributed by atoms with van der Waals surface area (Å²) in [7, 11) is 1.71. The van der Waals surface area contributed by atoms with Crippen LogP contribution in [-0.4, -0.2) is 61.1 Å². The number of aromatic nitrogens is 3. The number of carbonyl (C=O) groups excluding carboxylic acids is 2. The summed E-state index contributed by atoms with van der Waals surface area (Å²) in [6, 6.07) is 2.42. The number of aryl methyl sites for hydroxylation is 1. The van der Waals surface area contributed by atoms with Crippen LogP contribution < -0.4 is 5.32 Å². The molecule has 0 aliphatic heterocycles. The van der Waals surface area contributed by atoms with Crippen molar-refractivity contribution in [3.8, 4) is 5.75 Å². The van der Waals surface area contributed by atoms with Gasteiger partial charge >= 0.3 is 0 Å². The standard InChI is InChI=1S/C19H25N5O4/c1-11-9-21-16(22-11)10-24(2)19(28)12-5-6-13(15(26)8-12)23-18(27)17-14(25)4-3-7-20-17/h3-4,7,9,12-13,15,25-26H,5-6,8,10H2,1-2H3,(H,21,22)(H,23,27)/t12-,13+,15+/m0/s1. The molecule has 0 unspecified atom stereocenters. The maximum atomic E-state index is 12.7. The smallest absolute Gasteiger partial charge is 0.274 e. The molecule has 4 N–H and O–H groups in total. The van der Waals surface area contributed by atoms with E-state index in [9.17, 15) is 19.8 Å². The average Bonchev–Trinajstić information content (AvgIpc) is 3.07. The van der Waals surface area contributed by atoms with Crippen molar-refractivity contribution >= 4 is 11.8 Å². The molecule has 1 aliphatic carbocycles. The summed E-state index contributed by atoms with van der Waals surface area (Å²) in [4.78, 5) is 37.7. The van der Waals surface area contributed by atoms with E-state index in [0.29, 0.717) is 25.2 Å². The maximum absolute atomic E-state index is 12.7. The van der Waals surface area contributed by atoms with E-state index in [-0.39, 0.29) is 29.7 Å². The maximum Gasteiger partial charge on any atom is 0.274 e. The summed E-state index contributed by atoms with van der Waals surface area (Å²) in [5.74, 6) is -0.414. The van der Waals surface area contributed by atoms with Crippen molar-refractivity contribution < 1.29 is 19.8 Å². The van der Waals surface area contributed by atoms with Crippen LogP contribution in [-0.2, 0) is 11.3 Å². The molecule has 28 heavy (non-hydrogen) atoms. The van der Waals surface area contributed by atoms with E-state index in [1.807, 2.05) is 6.92 Å². The van der Waals surface area contributed by atoms with Crippen molar-refractivity contribution in [1.82, 2.24) is 25.2 Å². The summed E-state index contributed by atoms with van der Waals surface area (Å²) in [5, 5.41) is 22.9. The van der Waals surface area contributed by atoms with Crippen LogP contribution >= 0.6 is 0 Å². The summed E-state index contributed by atoms with van der Waals surface area (Å²) in [5.41, 5.74) is 0.850. The summed E-state index contributed by atoms with van der Waals surface area (Å²) in [6.45, 7) is 2.27. The zero-order chi connectivity index (χ0) is 20.3. The minimum Gasteiger partial charge on any atom is -0.505 e. The highest BCUT2D eigenvalue weighted by Crippen LogP contribution is 2.27. The minimum absolute atomic E-state index is 0.0553. The van der Waals surface area contributed by atoms with Gasteiger partial charge in [-0.15, -0.1) is 0 Å².